The number of aromatic nitrogens is 3. The molecule has 2 aromatic rings. The van der Waals surface area contributed by atoms with E-state index in [2.05, 4.69) is 15.0 Å². The van der Waals surface area contributed by atoms with Crippen molar-refractivity contribution in [1.29, 1.82) is 0 Å². The number of halogens is 1. The maximum Gasteiger partial charge on any atom is 0.147 e. The lowest BCUT2D eigenvalue weighted by molar-refractivity contribution is -0.0404. The average Bonchev–Trinajstić information content (AvgIpc) is 2.85. The van der Waals surface area contributed by atoms with Crippen LogP contribution in [-0.4, -0.2) is 58.6 Å². The first-order valence-electron chi connectivity index (χ1n) is 8.20. The van der Waals surface area contributed by atoms with E-state index >= 15 is 0 Å². The fraction of sp³-hybridized carbons (Fsp3) is 0.529. The van der Waals surface area contributed by atoms with Crippen molar-refractivity contribution in [3.05, 3.63) is 41.7 Å². The fourth-order valence-electron chi connectivity index (χ4n) is 2.87. The lowest BCUT2D eigenvalue weighted by Gasteiger charge is -2.32. The maximum absolute atomic E-state index is 13.1. The van der Waals surface area contributed by atoms with Crippen molar-refractivity contribution >= 4 is 0 Å². The molecule has 1 aliphatic rings. The van der Waals surface area contributed by atoms with Gasteiger partial charge in [-0.05, 0) is 26.0 Å². The van der Waals surface area contributed by atoms with Crippen LogP contribution < -0.4 is 4.74 Å². The van der Waals surface area contributed by atoms with Crippen molar-refractivity contribution in [2.45, 2.75) is 26.5 Å². The van der Waals surface area contributed by atoms with Crippen LogP contribution in [0.3, 0.4) is 0 Å². The van der Waals surface area contributed by atoms with E-state index in [4.69, 9.17) is 9.47 Å². The molecule has 0 spiro atoms. The van der Waals surface area contributed by atoms with Gasteiger partial charge < -0.3 is 9.47 Å². The monoisotopic (exact) mass is 334 g/mol. The highest BCUT2D eigenvalue weighted by Crippen LogP contribution is 2.13. The number of hydrogen-bond donors (Lipinski definition) is 0. The van der Waals surface area contributed by atoms with E-state index in [-0.39, 0.29) is 11.9 Å². The second kappa shape index (κ2) is 7.72. The topological polar surface area (TPSA) is 52.4 Å². The number of ether oxygens (including phenoxy) is 2. The Morgan fingerprint density at radius 1 is 1.38 bits per heavy atom. The van der Waals surface area contributed by atoms with Crippen molar-refractivity contribution in [3.8, 4) is 5.75 Å². The summed E-state index contributed by atoms with van der Waals surface area (Å²) >= 11 is 0. The Morgan fingerprint density at radius 3 is 3.00 bits per heavy atom. The van der Waals surface area contributed by atoms with Crippen molar-refractivity contribution < 1.29 is 13.9 Å². The van der Waals surface area contributed by atoms with Crippen LogP contribution >= 0.6 is 0 Å². The number of nitrogens with zero attached hydrogens (tertiary/aromatic N) is 4. The highest BCUT2D eigenvalue weighted by atomic mass is 19.1. The third kappa shape index (κ3) is 4.52. The first kappa shape index (κ1) is 16.9. The van der Waals surface area contributed by atoms with Gasteiger partial charge in [0.25, 0.3) is 0 Å². The van der Waals surface area contributed by atoms with Gasteiger partial charge in [0.05, 0.1) is 19.3 Å². The van der Waals surface area contributed by atoms with Crippen LogP contribution in [0.4, 0.5) is 4.39 Å². The molecule has 1 aliphatic heterocycles. The Bertz CT molecular complexity index is 676. The molecule has 0 bridgehead atoms. The zero-order valence-corrected chi connectivity index (χ0v) is 14.1. The largest absolute Gasteiger partial charge is 0.492 e. The van der Waals surface area contributed by atoms with Gasteiger partial charge in [-0.3, -0.25) is 4.90 Å². The van der Waals surface area contributed by atoms with E-state index in [0.29, 0.717) is 25.5 Å². The van der Waals surface area contributed by atoms with Crippen molar-refractivity contribution in [2.24, 2.45) is 0 Å². The first-order valence-corrected chi connectivity index (χ1v) is 8.20. The summed E-state index contributed by atoms with van der Waals surface area (Å²) in [7, 11) is 0. The summed E-state index contributed by atoms with van der Waals surface area (Å²) in [5.41, 5.74) is 0. The molecule has 1 aromatic carbocycles. The van der Waals surface area contributed by atoms with Crippen LogP contribution in [0.25, 0.3) is 0 Å². The molecule has 0 unspecified atom stereocenters. The maximum atomic E-state index is 13.1. The minimum absolute atomic E-state index is 0.0905. The Morgan fingerprint density at radius 2 is 2.25 bits per heavy atom. The minimum Gasteiger partial charge on any atom is -0.492 e. The molecular formula is C17H23FN4O2. The number of rotatable bonds is 6. The molecule has 7 heteroatoms. The SMILES string of the molecule is Cc1nc(C)n(C[C@H]2CN(CCOc3cccc(F)c3)CCO2)n1. The summed E-state index contributed by atoms with van der Waals surface area (Å²) in [6.45, 7) is 8.24. The van der Waals surface area contributed by atoms with Gasteiger partial charge in [0.15, 0.2) is 0 Å². The molecule has 0 amide bonds. The predicted molar refractivity (Wildman–Crippen MR) is 87.6 cm³/mol. The quantitative estimate of drug-likeness (QED) is 0.806. The van der Waals surface area contributed by atoms with Crippen LogP contribution in [0.1, 0.15) is 11.6 Å². The van der Waals surface area contributed by atoms with Crippen LogP contribution in [0, 0.1) is 19.7 Å². The highest BCUT2D eigenvalue weighted by molar-refractivity contribution is 5.22. The van der Waals surface area contributed by atoms with E-state index in [1.54, 1.807) is 12.1 Å². The number of aryl methyl sites for hydroxylation is 2. The predicted octanol–water partition coefficient (Wildman–Crippen LogP) is 1.81. The Kier molecular flexibility index (Phi) is 5.42. The van der Waals surface area contributed by atoms with Gasteiger partial charge in [-0.15, -0.1) is 0 Å². The van der Waals surface area contributed by atoms with Crippen LogP contribution in [0.15, 0.2) is 24.3 Å². The molecule has 0 aliphatic carbocycles. The molecule has 130 valence electrons. The van der Waals surface area contributed by atoms with E-state index in [0.717, 1.165) is 31.3 Å². The normalized spacial score (nSPS) is 18.7. The van der Waals surface area contributed by atoms with E-state index in [1.807, 2.05) is 18.5 Å². The number of hydrogen-bond acceptors (Lipinski definition) is 5. The minimum atomic E-state index is -0.280. The number of benzene rings is 1. The van der Waals surface area contributed by atoms with Crippen molar-refractivity contribution in [3.63, 3.8) is 0 Å². The Balaban J connectivity index is 1.46. The van der Waals surface area contributed by atoms with Gasteiger partial charge in [-0.2, -0.15) is 5.10 Å². The third-order valence-electron chi connectivity index (χ3n) is 4.03. The van der Waals surface area contributed by atoms with Gasteiger partial charge >= 0.3 is 0 Å². The van der Waals surface area contributed by atoms with E-state index in [9.17, 15) is 4.39 Å². The molecule has 1 aromatic heterocycles. The Labute approximate surface area is 141 Å². The van der Waals surface area contributed by atoms with Gasteiger partial charge in [0.1, 0.15) is 29.8 Å². The average molecular weight is 334 g/mol. The van der Waals surface area contributed by atoms with Crippen molar-refractivity contribution in [1.82, 2.24) is 19.7 Å². The van der Waals surface area contributed by atoms with Crippen LogP contribution in [0.2, 0.25) is 0 Å². The smallest absolute Gasteiger partial charge is 0.147 e. The van der Waals surface area contributed by atoms with Crippen LogP contribution in [0.5, 0.6) is 5.75 Å². The second-order valence-electron chi connectivity index (χ2n) is 5.99. The molecule has 0 radical (unpaired) electrons. The highest BCUT2D eigenvalue weighted by Gasteiger charge is 2.21. The molecule has 6 nitrogen and oxygen atoms in total. The molecule has 0 saturated carbocycles. The zero-order valence-electron chi connectivity index (χ0n) is 14.1. The standard InChI is InChI=1S/C17H23FN4O2/c1-13-19-14(2)22(20-13)12-17-11-21(7-9-24-17)6-8-23-16-5-3-4-15(18)10-16/h3-5,10,17H,6-9,11-12H2,1-2H3/t17-/m1/s1. The molecule has 3 rings (SSSR count). The van der Waals surface area contributed by atoms with Crippen LogP contribution in [-0.2, 0) is 11.3 Å². The lowest BCUT2D eigenvalue weighted by atomic mass is 10.2. The van der Waals surface area contributed by atoms with E-state index < -0.39 is 0 Å². The summed E-state index contributed by atoms with van der Waals surface area (Å²) < 4.78 is 26.5. The molecular weight excluding hydrogens is 311 g/mol. The van der Waals surface area contributed by atoms with Gasteiger partial charge in [-0.25, -0.2) is 14.1 Å². The van der Waals surface area contributed by atoms with Crippen molar-refractivity contribution in [2.75, 3.05) is 32.8 Å². The summed E-state index contributed by atoms with van der Waals surface area (Å²) in [5.74, 6) is 1.97. The molecule has 2 heterocycles. The Hall–Kier alpha value is -1.99. The van der Waals surface area contributed by atoms with Gasteiger partial charge in [0.2, 0.25) is 0 Å². The molecule has 24 heavy (non-hydrogen) atoms. The molecule has 1 atom stereocenters. The summed E-state index contributed by atoms with van der Waals surface area (Å²) in [6.07, 6.45) is 0.0905. The van der Waals surface area contributed by atoms with E-state index in [1.165, 1.54) is 12.1 Å². The summed E-state index contributed by atoms with van der Waals surface area (Å²) in [6, 6.07) is 6.23. The zero-order chi connectivity index (χ0) is 16.9. The number of morpholine rings is 1. The third-order valence-corrected chi connectivity index (χ3v) is 4.03. The lowest BCUT2D eigenvalue weighted by Crippen LogP contribution is -2.45. The van der Waals surface area contributed by atoms with Gasteiger partial charge in [-0.1, -0.05) is 6.07 Å². The molecule has 0 N–H and O–H groups in total. The molecule has 1 fully saturated rings. The second-order valence-corrected chi connectivity index (χ2v) is 5.99. The fourth-order valence-corrected chi connectivity index (χ4v) is 2.87. The summed E-state index contributed by atoms with van der Waals surface area (Å²) in [5, 5.41) is 4.39. The van der Waals surface area contributed by atoms with Gasteiger partial charge in [0, 0.05) is 25.7 Å². The molecule has 1 saturated heterocycles. The first-order chi connectivity index (χ1) is 11.6. The summed E-state index contributed by atoms with van der Waals surface area (Å²) in [4.78, 5) is 6.62.